The Morgan fingerprint density at radius 3 is 3.00 bits per heavy atom. The van der Waals surface area contributed by atoms with E-state index in [4.69, 9.17) is 4.74 Å². The van der Waals surface area contributed by atoms with Crippen molar-refractivity contribution in [3.63, 3.8) is 0 Å². The quantitative estimate of drug-likeness (QED) is 0.867. The van der Waals surface area contributed by atoms with E-state index in [0.29, 0.717) is 25.1 Å². The van der Waals surface area contributed by atoms with Crippen molar-refractivity contribution in [1.29, 1.82) is 0 Å². The van der Waals surface area contributed by atoms with Gasteiger partial charge in [-0.25, -0.2) is 9.37 Å². The minimum Gasteiger partial charge on any atom is -0.379 e. The van der Waals surface area contributed by atoms with Crippen molar-refractivity contribution in [2.24, 2.45) is 5.92 Å². The van der Waals surface area contributed by atoms with Crippen LogP contribution in [-0.4, -0.2) is 37.8 Å². The Labute approximate surface area is 120 Å². The number of aromatic nitrogens is 1. The zero-order valence-corrected chi connectivity index (χ0v) is 12.5. The van der Waals surface area contributed by atoms with Crippen LogP contribution in [0.15, 0.2) is 12.3 Å². The summed E-state index contributed by atoms with van der Waals surface area (Å²) in [7, 11) is 2.01. The molecular weight excluding hydrogens is 257 g/mol. The summed E-state index contributed by atoms with van der Waals surface area (Å²) in [5, 5.41) is 3.35. The number of nitrogens with one attached hydrogen (secondary N) is 1. The van der Waals surface area contributed by atoms with E-state index in [1.807, 2.05) is 7.05 Å². The Morgan fingerprint density at radius 2 is 2.35 bits per heavy atom. The van der Waals surface area contributed by atoms with Crippen molar-refractivity contribution in [2.75, 3.05) is 31.7 Å². The van der Waals surface area contributed by atoms with Crippen LogP contribution in [0.4, 0.5) is 10.2 Å². The molecule has 4 nitrogen and oxygen atoms in total. The molecule has 1 saturated heterocycles. The molecule has 20 heavy (non-hydrogen) atoms. The zero-order chi connectivity index (χ0) is 14.5. The van der Waals surface area contributed by atoms with E-state index >= 15 is 0 Å². The van der Waals surface area contributed by atoms with Gasteiger partial charge in [-0.05, 0) is 24.9 Å². The van der Waals surface area contributed by atoms with E-state index in [9.17, 15) is 4.39 Å². The van der Waals surface area contributed by atoms with Crippen LogP contribution in [0.5, 0.6) is 0 Å². The maximum atomic E-state index is 13.4. The second-order valence-electron chi connectivity index (χ2n) is 5.79. The highest BCUT2D eigenvalue weighted by Gasteiger charge is 2.23. The predicted molar refractivity (Wildman–Crippen MR) is 78.4 cm³/mol. The van der Waals surface area contributed by atoms with Crippen molar-refractivity contribution in [3.8, 4) is 0 Å². The average molecular weight is 281 g/mol. The zero-order valence-electron chi connectivity index (χ0n) is 12.5. The number of hydrogen-bond donors (Lipinski definition) is 1. The number of rotatable bonds is 6. The van der Waals surface area contributed by atoms with Gasteiger partial charge in [0.05, 0.1) is 18.8 Å². The van der Waals surface area contributed by atoms with Crippen LogP contribution in [0.2, 0.25) is 0 Å². The lowest BCUT2D eigenvalue weighted by atomic mass is 10.1. The third kappa shape index (κ3) is 3.90. The summed E-state index contributed by atoms with van der Waals surface area (Å²) in [6.45, 7) is 7.35. The van der Waals surface area contributed by atoms with Gasteiger partial charge in [-0.3, -0.25) is 0 Å². The standard InChI is InChI=1S/C15H24FN3O/c1-11(2)7-17-8-12-6-13(16)9-18-15(12)19(3)14-4-5-20-10-14/h6,9,11,14,17H,4-5,7-8,10H2,1-3H3. The third-order valence-corrected chi connectivity index (χ3v) is 3.56. The fourth-order valence-electron chi connectivity index (χ4n) is 2.42. The van der Waals surface area contributed by atoms with Crippen LogP contribution >= 0.6 is 0 Å². The molecule has 0 aliphatic carbocycles. The Hall–Kier alpha value is -1.20. The van der Waals surface area contributed by atoms with Crippen LogP contribution in [0.25, 0.3) is 0 Å². The summed E-state index contributed by atoms with van der Waals surface area (Å²) >= 11 is 0. The van der Waals surface area contributed by atoms with E-state index in [-0.39, 0.29) is 5.82 Å². The van der Waals surface area contributed by atoms with E-state index in [1.165, 1.54) is 6.20 Å². The van der Waals surface area contributed by atoms with Gasteiger partial charge in [0.1, 0.15) is 11.6 Å². The fraction of sp³-hybridized carbons (Fsp3) is 0.667. The second-order valence-corrected chi connectivity index (χ2v) is 5.79. The lowest BCUT2D eigenvalue weighted by molar-refractivity contribution is 0.193. The molecule has 1 aliphatic heterocycles. The molecule has 0 aromatic carbocycles. The summed E-state index contributed by atoms with van der Waals surface area (Å²) in [6.07, 6.45) is 2.28. The number of nitrogens with zero attached hydrogens (tertiary/aromatic N) is 2. The third-order valence-electron chi connectivity index (χ3n) is 3.56. The normalized spacial score (nSPS) is 18.8. The molecule has 0 amide bonds. The number of likely N-dealkylation sites (N-methyl/N-ethyl adjacent to an activating group) is 1. The lowest BCUT2D eigenvalue weighted by Gasteiger charge is -2.26. The number of anilines is 1. The molecule has 2 rings (SSSR count). The molecule has 1 unspecified atom stereocenters. The van der Waals surface area contributed by atoms with Gasteiger partial charge in [0.2, 0.25) is 0 Å². The number of hydrogen-bond acceptors (Lipinski definition) is 4. The number of ether oxygens (including phenoxy) is 1. The Kier molecular flexibility index (Phi) is 5.31. The van der Waals surface area contributed by atoms with Crippen LogP contribution in [-0.2, 0) is 11.3 Å². The Morgan fingerprint density at radius 1 is 1.55 bits per heavy atom. The minimum atomic E-state index is -0.286. The summed E-state index contributed by atoms with van der Waals surface area (Å²) in [6, 6.07) is 1.90. The highest BCUT2D eigenvalue weighted by molar-refractivity contribution is 5.47. The summed E-state index contributed by atoms with van der Waals surface area (Å²) < 4.78 is 18.9. The molecule has 0 radical (unpaired) electrons. The molecule has 0 spiro atoms. The van der Waals surface area contributed by atoms with E-state index in [2.05, 4.69) is 29.0 Å². The molecule has 1 atom stereocenters. The first-order valence-electron chi connectivity index (χ1n) is 7.23. The molecule has 1 fully saturated rings. The Balaban J connectivity index is 2.09. The van der Waals surface area contributed by atoms with Crippen LogP contribution in [0.1, 0.15) is 25.8 Å². The SMILES string of the molecule is CC(C)CNCc1cc(F)cnc1N(C)C1CCOC1. The maximum absolute atomic E-state index is 13.4. The largest absolute Gasteiger partial charge is 0.379 e. The van der Waals surface area contributed by atoms with Crippen LogP contribution in [0.3, 0.4) is 0 Å². The van der Waals surface area contributed by atoms with Gasteiger partial charge in [-0.15, -0.1) is 0 Å². The predicted octanol–water partition coefficient (Wildman–Crippen LogP) is 2.19. The van der Waals surface area contributed by atoms with Crippen molar-refractivity contribution in [1.82, 2.24) is 10.3 Å². The molecule has 1 aromatic heterocycles. The van der Waals surface area contributed by atoms with Gasteiger partial charge < -0.3 is 15.0 Å². The first-order valence-corrected chi connectivity index (χ1v) is 7.23. The van der Waals surface area contributed by atoms with Gasteiger partial charge in [0.25, 0.3) is 0 Å². The molecule has 112 valence electrons. The lowest BCUT2D eigenvalue weighted by Crippen LogP contribution is -2.34. The van der Waals surface area contributed by atoms with Crippen molar-refractivity contribution in [3.05, 3.63) is 23.6 Å². The second kappa shape index (κ2) is 6.99. The van der Waals surface area contributed by atoms with Crippen molar-refractivity contribution >= 4 is 5.82 Å². The van der Waals surface area contributed by atoms with Crippen molar-refractivity contribution in [2.45, 2.75) is 32.9 Å². The van der Waals surface area contributed by atoms with Crippen LogP contribution < -0.4 is 10.2 Å². The highest BCUT2D eigenvalue weighted by atomic mass is 19.1. The fourth-order valence-corrected chi connectivity index (χ4v) is 2.42. The maximum Gasteiger partial charge on any atom is 0.141 e. The van der Waals surface area contributed by atoms with Gasteiger partial charge in [0.15, 0.2) is 0 Å². The molecule has 1 aliphatic rings. The topological polar surface area (TPSA) is 37.4 Å². The molecule has 0 bridgehead atoms. The van der Waals surface area contributed by atoms with E-state index in [0.717, 1.165) is 31.0 Å². The number of halogens is 1. The van der Waals surface area contributed by atoms with Gasteiger partial charge in [-0.1, -0.05) is 13.8 Å². The van der Waals surface area contributed by atoms with E-state index < -0.39 is 0 Å². The summed E-state index contributed by atoms with van der Waals surface area (Å²) in [4.78, 5) is 6.39. The Bertz CT molecular complexity index is 433. The smallest absolute Gasteiger partial charge is 0.141 e. The molecule has 2 heterocycles. The first-order chi connectivity index (χ1) is 9.58. The molecule has 1 N–H and O–H groups in total. The first kappa shape index (κ1) is 15.2. The summed E-state index contributed by atoms with van der Waals surface area (Å²) in [5.41, 5.74) is 0.903. The molecule has 1 aromatic rings. The van der Waals surface area contributed by atoms with E-state index in [1.54, 1.807) is 6.07 Å². The van der Waals surface area contributed by atoms with Gasteiger partial charge >= 0.3 is 0 Å². The minimum absolute atomic E-state index is 0.286. The van der Waals surface area contributed by atoms with Crippen LogP contribution in [0, 0.1) is 11.7 Å². The van der Waals surface area contributed by atoms with Crippen molar-refractivity contribution < 1.29 is 9.13 Å². The summed E-state index contributed by atoms with van der Waals surface area (Å²) in [5.74, 6) is 1.13. The molecule has 0 saturated carbocycles. The average Bonchev–Trinajstić information content (AvgIpc) is 2.91. The molecule has 5 heteroatoms. The number of pyridine rings is 1. The van der Waals surface area contributed by atoms with Gasteiger partial charge in [0, 0.05) is 25.8 Å². The highest BCUT2D eigenvalue weighted by Crippen LogP contribution is 2.22. The van der Waals surface area contributed by atoms with Gasteiger partial charge in [-0.2, -0.15) is 0 Å². The molecular formula is C15H24FN3O. The monoisotopic (exact) mass is 281 g/mol.